The number of aromatic nitrogens is 4. The highest BCUT2D eigenvalue weighted by Crippen LogP contribution is 2.46. The van der Waals surface area contributed by atoms with Crippen molar-refractivity contribution in [1.82, 2.24) is 24.6 Å². The molecule has 1 saturated carbocycles. The zero-order valence-corrected chi connectivity index (χ0v) is 23.7. The van der Waals surface area contributed by atoms with Crippen LogP contribution < -0.4 is 15.3 Å². The van der Waals surface area contributed by atoms with Crippen LogP contribution in [0.1, 0.15) is 38.6 Å². The average Bonchev–Trinajstić information content (AvgIpc) is 3.48. The summed E-state index contributed by atoms with van der Waals surface area (Å²) in [5.74, 6) is -0.186. The molecule has 1 unspecified atom stereocenters. The lowest BCUT2D eigenvalue weighted by Gasteiger charge is -2.28. The van der Waals surface area contributed by atoms with Gasteiger partial charge in [-0.25, -0.2) is 9.55 Å². The number of carbonyl (C=O) groups excluding carboxylic acids is 1. The minimum atomic E-state index is -3.96. The number of allylic oxidation sites excluding steroid dienone is 1. The maximum absolute atomic E-state index is 13.8. The molecule has 2 aliphatic rings. The van der Waals surface area contributed by atoms with Crippen LogP contribution in [0.15, 0.2) is 47.2 Å². The van der Waals surface area contributed by atoms with Crippen LogP contribution in [0.3, 0.4) is 0 Å². The van der Waals surface area contributed by atoms with Gasteiger partial charge in [-0.3, -0.25) is 9.32 Å². The molecule has 2 aromatic heterocycles. The second-order valence-corrected chi connectivity index (χ2v) is 12.3. The van der Waals surface area contributed by atoms with Crippen molar-refractivity contribution in [3.8, 4) is 5.75 Å². The number of fused-ring (bicyclic) bond motifs is 1. The molecule has 3 aromatic rings. The molecule has 38 heavy (non-hydrogen) atoms. The number of hydrogen-bond acceptors (Lipinski definition) is 9. The van der Waals surface area contributed by atoms with E-state index in [4.69, 9.17) is 31.1 Å². The second kappa shape index (κ2) is 11.3. The number of nitrogen functional groups attached to an aromatic ring is 1. The van der Waals surface area contributed by atoms with Crippen molar-refractivity contribution in [3.63, 3.8) is 0 Å². The highest BCUT2D eigenvalue weighted by molar-refractivity contribution is 9.10. The maximum Gasteiger partial charge on any atom is 0.459 e. The van der Waals surface area contributed by atoms with E-state index in [0.29, 0.717) is 23.3 Å². The molecule has 11 nitrogen and oxygen atoms in total. The van der Waals surface area contributed by atoms with Gasteiger partial charge in [0.05, 0.1) is 19.0 Å². The quantitative estimate of drug-likeness (QED) is 0.133. The Bertz CT molecular complexity index is 1400. The molecule has 0 amide bonds. The van der Waals surface area contributed by atoms with Crippen LogP contribution in [0, 0.1) is 5.92 Å². The van der Waals surface area contributed by atoms with Gasteiger partial charge in [-0.05, 0) is 56.9 Å². The molecule has 202 valence electrons. The van der Waals surface area contributed by atoms with Gasteiger partial charge in [0.15, 0.2) is 10.8 Å². The summed E-state index contributed by atoms with van der Waals surface area (Å²) >= 11 is 9.53. The van der Waals surface area contributed by atoms with Crippen LogP contribution in [0.2, 0.25) is 5.15 Å². The number of hydrogen-bond donors (Lipinski definition) is 2. The highest BCUT2D eigenvalue weighted by atomic mass is 79.9. The van der Waals surface area contributed by atoms with Gasteiger partial charge >= 0.3 is 13.7 Å². The molecule has 0 bridgehead atoms. The van der Waals surface area contributed by atoms with Crippen molar-refractivity contribution < 1.29 is 23.1 Å². The Morgan fingerprint density at radius 1 is 1.29 bits per heavy atom. The molecule has 5 rings (SSSR count). The first-order chi connectivity index (χ1) is 18.2. The first-order valence-corrected chi connectivity index (χ1v) is 14.9. The summed E-state index contributed by atoms with van der Waals surface area (Å²) in [7, 11) is -3.96. The summed E-state index contributed by atoms with van der Waals surface area (Å²) < 4.78 is 33.6. The topological polar surface area (TPSA) is 143 Å². The number of carbonyl (C=O) groups is 1. The third kappa shape index (κ3) is 6.21. The summed E-state index contributed by atoms with van der Waals surface area (Å²) in [6, 6.07) is 5.86. The zero-order valence-electron chi connectivity index (χ0n) is 20.5. The largest absolute Gasteiger partial charge is 0.461 e. The third-order valence-corrected chi connectivity index (χ3v) is 8.88. The number of nitrogens with one attached hydrogen (secondary N) is 1. The van der Waals surface area contributed by atoms with Gasteiger partial charge in [0.25, 0.3) is 0 Å². The molecule has 0 aliphatic heterocycles. The summed E-state index contributed by atoms with van der Waals surface area (Å²) in [6.07, 6.45) is 8.87. The van der Waals surface area contributed by atoms with E-state index in [9.17, 15) is 9.36 Å². The molecule has 2 heterocycles. The number of halogens is 2. The van der Waals surface area contributed by atoms with Crippen molar-refractivity contribution in [3.05, 3.63) is 52.4 Å². The fourth-order valence-corrected chi connectivity index (χ4v) is 6.22. The molecular formula is C24H27BrClN6O5P. The van der Waals surface area contributed by atoms with Crippen molar-refractivity contribution in [2.45, 2.75) is 50.8 Å². The van der Waals surface area contributed by atoms with Gasteiger partial charge < -0.3 is 19.6 Å². The summed E-state index contributed by atoms with van der Waals surface area (Å²) in [5.41, 5.74) is 6.77. The minimum absolute atomic E-state index is 0.0631. The maximum atomic E-state index is 13.8. The number of esters is 1. The Kier molecular flexibility index (Phi) is 8.06. The van der Waals surface area contributed by atoms with Gasteiger partial charge in [0.2, 0.25) is 5.95 Å². The number of benzene rings is 1. The predicted molar refractivity (Wildman–Crippen MR) is 146 cm³/mol. The Morgan fingerprint density at radius 3 is 2.76 bits per heavy atom. The van der Waals surface area contributed by atoms with E-state index >= 15 is 0 Å². The number of ether oxygens (including phenoxy) is 1. The van der Waals surface area contributed by atoms with Crippen LogP contribution >= 0.6 is 35.3 Å². The molecule has 14 heteroatoms. The van der Waals surface area contributed by atoms with E-state index in [2.05, 4.69) is 36.0 Å². The van der Waals surface area contributed by atoms with Gasteiger partial charge in [-0.2, -0.15) is 15.1 Å². The number of imidazole rings is 1. The van der Waals surface area contributed by atoms with Gasteiger partial charge in [0, 0.05) is 10.4 Å². The molecule has 4 atom stereocenters. The van der Waals surface area contributed by atoms with Crippen LogP contribution in [0.25, 0.3) is 11.2 Å². The monoisotopic (exact) mass is 624 g/mol. The van der Waals surface area contributed by atoms with Crippen LogP contribution in [0.4, 0.5) is 5.95 Å². The number of anilines is 1. The molecule has 2 aliphatic carbocycles. The van der Waals surface area contributed by atoms with Crippen molar-refractivity contribution in [2.75, 3.05) is 12.3 Å². The van der Waals surface area contributed by atoms with E-state index < -0.39 is 19.8 Å². The Balaban J connectivity index is 1.26. The average molecular weight is 626 g/mol. The van der Waals surface area contributed by atoms with Crippen LogP contribution in [-0.4, -0.2) is 44.2 Å². The van der Waals surface area contributed by atoms with Gasteiger partial charge in [-0.1, -0.05) is 39.7 Å². The Morgan fingerprint density at radius 2 is 2.05 bits per heavy atom. The normalized spacial score (nSPS) is 21.7. The van der Waals surface area contributed by atoms with E-state index in [1.165, 1.54) is 0 Å². The molecule has 0 radical (unpaired) electrons. The second-order valence-electron chi connectivity index (χ2n) is 9.32. The molecule has 3 N–H and O–H groups in total. The fourth-order valence-electron chi connectivity index (χ4n) is 4.19. The van der Waals surface area contributed by atoms with E-state index in [0.717, 1.165) is 23.7 Å². The Labute approximate surface area is 232 Å². The standard InChI is InChI=1S/C24H27BrClN6O5P/c1-14(23(33)36-18-3-2-4-18)31-38(34,37-19-9-6-16(25)7-10-19)35-12-15-5-8-17(11-15)32-13-28-20-21(26)29-24(27)30-22(20)32/h5-10,13-15,17-18H,2-4,11-12H2,1H3,(H,31,34)(H2,27,29,30)/t14-,15+,17-,38?/m0/s1. The first-order valence-electron chi connectivity index (χ1n) is 12.2. The summed E-state index contributed by atoms with van der Waals surface area (Å²) in [6.45, 7) is 1.67. The van der Waals surface area contributed by atoms with E-state index in [1.807, 2.05) is 16.7 Å². The molecule has 0 saturated heterocycles. The third-order valence-electron chi connectivity index (χ3n) is 6.44. The highest BCUT2D eigenvalue weighted by Gasteiger charge is 2.35. The minimum Gasteiger partial charge on any atom is -0.461 e. The van der Waals surface area contributed by atoms with Crippen LogP contribution in [0.5, 0.6) is 5.75 Å². The van der Waals surface area contributed by atoms with Crippen LogP contribution in [-0.2, 0) is 18.6 Å². The SMILES string of the molecule is C[C@H](NP(=O)(OC[C@@H]1C=C[C@H](n2cnc3c(Cl)nc(N)nc32)C1)Oc1ccc(Br)cc1)C(=O)OC1CCC1. The fraction of sp³-hybridized carbons (Fsp3) is 0.417. The smallest absolute Gasteiger partial charge is 0.459 e. The lowest BCUT2D eigenvalue weighted by molar-refractivity contribution is -0.154. The van der Waals surface area contributed by atoms with Gasteiger partial charge in [-0.15, -0.1) is 0 Å². The van der Waals surface area contributed by atoms with Crippen molar-refractivity contribution in [2.24, 2.45) is 5.92 Å². The molecule has 1 fully saturated rings. The lowest BCUT2D eigenvalue weighted by atomic mass is 9.96. The predicted octanol–water partition coefficient (Wildman–Crippen LogP) is 5.22. The van der Waals surface area contributed by atoms with Gasteiger partial charge in [0.1, 0.15) is 23.4 Å². The molecule has 1 aromatic carbocycles. The number of nitrogens with two attached hydrogens (primary N) is 1. The number of nitrogens with zero attached hydrogens (tertiary/aromatic N) is 4. The zero-order chi connectivity index (χ0) is 26.9. The first kappa shape index (κ1) is 27.1. The summed E-state index contributed by atoms with van der Waals surface area (Å²) in [4.78, 5) is 25.1. The van der Waals surface area contributed by atoms with E-state index in [-0.39, 0.29) is 35.8 Å². The van der Waals surface area contributed by atoms with Crippen molar-refractivity contribution >= 4 is 58.4 Å². The van der Waals surface area contributed by atoms with E-state index in [1.54, 1.807) is 37.5 Å². The number of rotatable bonds is 10. The Hall–Kier alpha value is -2.50. The molecule has 0 spiro atoms. The lowest BCUT2D eigenvalue weighted by Crippen LogP contribution is -2.38. The molecular weight excluding hydrogens is 599 g/mol. The summed E-state index contributed by atoms with van der Waals surface area (Å²) in [5, 5.41) is 2.94. The van der Waals surface area contributed by atoms with Crippen molar-refractivity contribution in [1.29, 1.82) is 0 Å².